The number of hydrogen-bond acceptors (Lipinski definition) is 4. The van der Waals surface area contributed by atoms with Gasteiger partial charge in [-0.1, -0.05) is 0 Å². The van der Waals surface area contributed by atoms with Crippen molar-refractivity contribution in [2.75, 3.05) is 13.7 Å². The van der Waals surface area contributed by atoms with Crippen molar-refractivity contribution in [3.05, 3.63) is 23.5 Å². The fraction of sp³-hybridized carbons (Fsp3) is 0.400. The molecule has 16 heavy (non-hydrogen) atoms. The summed E-state index contributed by atoms with van der Waals surface area (Å²) in [6, 6.07) is -0.0164. The van der Waals surface area contributed by atoms with Crippen LogP contribution in [0.2, 0.25) is 0 Å². The van der Waals surface area contributed by atoms with Crippen LogP contribution in [0.15, 0.2) is 17.8 Å². The SMILES string of the molecule is COCC(C)NC(=O)c1cn2ccsc2n1. The Balaban J connectivity index is 2.07. The van der Waals surface area contributed by atoms with Crippen LogP contribution in [0.5, 0.6) is 0 Å². The number of nitrogens with zero attached hydrogens (tertiary/aromatic N) is 2. The molecule has 1 N–H and O–H groups in total. The highest BCUT2D eigenvalue weighted by Crippen LogP contribution is 2.11. The smallest absolute Gasteiger partial charge is 0.271 e. The minimum atomic E-state index is -0.166. The number of carbonyl (C=O) groups is 1. The maximum Gasteiger partial charge on any atom is 0.271 e. The maximum atomic E-state index is 11.8. The molecule has 2 aromatic rings. The Hall–Kier alpha value is -1.40. The van der Waals surface area contributed by atoms with E-state index in [1.807, 2.05) is 22.9 Å². The second kappa shape index (κ2) is 4.63. The average Bonchev–Trinajstić information content (AvgIpc) is 2.76. The number of imidazole rings is 1. The molecule has 0 spiro atoms. The normalized spacial score (nSPS) is 12.9. The number of thiazole rings is 1. The molecule has 1 amide bonds. The van der Waals surface area contributed by atoms with E-state index < -0.39 is 0 Å². The third kappa shape index (κ3) is 2.23. The molecule has 6 heteroatoms. The van der Waals surface area contributed by atoms with Crippen molar-refractivity contribution in [3.8, 4) is 0 Å². The van der Waals surface area contributed by atoms with Gasteiger partial charge in [-0.15, -0.1) is 11.3 Å². The number of rotatable bonds is 4. The van der Waals surface area contributed by atoms with Crippen molar-refractivity contribution in [1.82, 2.24) is 14.7 Å². The van der Waals surface area contributed by atoms with E-state index in [0.717, 1.165) is 4.96 Å². The van der Waals surface area contributed by atoms with Gasteiger partial charge < -0.3 is 10.1 Å². The zero-order valence-electron chi connectivity index (χ0n) is 9.14. The molecule has 1 atom stereocenters. The molecule has 2 heterocycles. The number of ether oxygens (including phenoxy) is 1. The second-order valence-electron chi connectivity index (χ2n) is 3.55. The zero-order valence-corrected chi connectivity index (χ0v) is 9.95. The molecular formula is C10H13N3O2S. The summed E-state index contributed by atoms with van der Waals surface area (Å²) >= 11 is 1.50. The van der Waals surface area contributed by atoms with Gasteiger partial charge in [-0.3, -0.25) is 9.20 Å². The minimum absolute atomic E-state index is 0.0164. The number of nitrogens with one attached hydrogen (secondary N) is 1. The average molecular weight is 239 g/mol. The lowest BCUT2D eigenvalue weighted by atomic mass is 10.3. The molecule has 0 bridgehead atoms. The van der Waals surface area contributed by atoms with Crippen LogP contribution in [0.1, 0.15) is 17.4 Å². The summed E-state index contributed by atoms with van der Waals surface area (Å²) in [7, 11) is 1.61. The number of fused-ring (bicyclic) bond motifs is 1. The molecule has 0 aromatic carbocycles. The summed E-state index contributed by atoms with van der Waals surface area (Å²) in [4.78, 5) is 16.8. The van der Waals surface area contributed by atoms with Crippen LogP contribution < -0.4 is 5.32 Å². The summed E-state index contributed by atoms with van der Waals surface area (Å²) < 4.78 is 6.78. The Morgan fingerprint density at radius 1 is 1.75 bits per heavy atom. The van der Waals surface area contributed by atoms with Crippen LogP contribution >= 0.6 is 11.3 Å². The molecule has 2 aromatic heterocycles. The number of carbonyl (C=O) groups excluding carboxylic acids is 1. The van der Waals surface area contributed by atoms with Crippen molar-refractivity contribution < 1.29 is 9.53 Å². The summed E-state index contributed by atoms with van der Waals surface area (Å²) in [6.45, 7) is 2.38. The van der Waals surface area contributed by atoms with E-state index in [0.29, 0.717) is 12.3 Å². The van der Waals surface area contributed by atoms with Crippen LogP contribution in [-0.2, 0) is 4.74 Å². The van der Waals surface area contributed by atoms with Gasteiger partial charge in [0.2, 0.25) is 0 Å². The van der Waals surface area contributed by atoms with E-state index in [1.54, 1.807) is 13.3 Å². The molecule has 1 unspecified atom stereocenters. The lowest BCUT2D eigenvalue weighted by Gasteiger charge is -2.10. The lowest BCUT2D eigenvalue weighted by molar-refractivity contribution is 0.0901. The van der Waals surface area contributed by atoms with Gasteiger partial charge in [0.05, 0.1) is 6.61 Å². The molecule has 0 aliphatic heterocycles. The zero-order chi connectivity index (χ0) is 11.5. The Labute approximate surface area is 97.1 Å². The van der Waals surface area contributed by atoms with Crippen LogP contribution in [0, 0.1) is 0 Å². The molecule has 0 saturated carbocycles. The first-order valence-corrected chi connectivity index (χ1v) is 5.80. The highest BCUT2D eigenvalue weighted by atomic mass is 32.1. The van der Waals surface area contributed by atoms with E-state index in [1.165, 1.54) is 11.3 Å². The Kier molecular flexibility index (Phi) is 3.21. The van der Waals surface area contributed by atoms with Gasteiger partial charge in [-0.25, -0.2) is 4.98 Å². The van der Waals surface area contributed by atoms with Crippen LogP contribution in [0.25, 0.3) is 4.96 Å². The highest BCUT2D eigenvalue weighted by molar-refractivity contribution is 7.15. The quantitative estimate of drug-likeness (QED) is 0.871. The van der Waals surface area contributed by atoms with E-state index in [-0.39, 0.29) is 11.9 Å². The van der Waals surface area contributed by atoms with Crippen molar-refractivity contribution in [3.63, 3.8) is 0 Å². The summed E-state index contributed by atoms with van der Waals surface area (Å²) in [5, 5.41) is 4.74. The molecule has 0 radical (unpaired) electrons. The predicted octanol–water partition coefficient (Wildman–Crippen LogP) is 1.16. The van der Waals surface area contributed by atoms with Crippen molar-refractivity contribution in [2.45, 2.75) is 13.0 Å². The molecule has 5 nitrogen and oxygen atoms in total. The van der Waals surface area contributed by atoms with Crippen LogP contribution in [-0.4, -0.2) is 35.1 Å². The molecular weight excluding hydrogens is 226 g/mol. The van der Waals surface area contributed by atoms with Gasteiger partial charge in [0, 0.05) is 30.9 Å². The summed E-state index contributed by atoms with van der Waals surface area (Å²) in [5.41, 5.74) is 0.440. The van der Waals surface area contributed by atoms with Gasteiger partial charge in [0.15, 0.2) is 4.96 Å². The standard InChI is InChI=1S/C10H13N3O2S/c1-7(6-15-2)11-9(14)8-5-13-3-4-16-10(13)12-8/h3-5,7H,6H2,1-2H3,(H,11,14). The number of amides is 1. The van der Waals surface area contributed by atoms with Gasteiger partial charge in [-0.05, 0) is 6.92 Å². The third-order valence-electron chi connectivity index (χ3n) is 2.12. The van der Waals surface area contributed by atoms with Crippen LogP contribution in [0.4, 0.5) is 0 Å². The third-order valence-corrected chi connectivity index (χ3v) is 2.89. The Bertz CT molecular complexity index is 462. The fourth-order valence-corrected chi connectivity index (χ4v) is 2.13. The summed E-state index contributed by atoms with van der Waals surface area (Å²) in [6.07, 6.45) is 3.60. The Morgan fingerprint density at radius 2 is 2.56 bits per heavy atom. The van der Waals surface area contributed by atoms with E-state index in [2.05, 4.69) is 10.3 Å². The van der Waals surface area contributed by atoms with Gasteiger partial charge >= 0.3 is 0 Å². The number of methoxy groups -OCH3 is 1. The maximum absolute atomic E-state index is 11.8. The van der Waals surface area contributed by atoms with E-state index in [9.17, 15) is 4.79 Å². The monoisotopic (exact) mass is 239 g/mol. The molecule has 0 saturated heterocycles. The predicted molar refractivity (Wildman–Crippen MR) is 61.9 cm³/mol. The first kappa shape index (κ1) is 11.1. The Morgan fingerprint density at radius 3 is 3.25 bits per heavy atom. The molecule has 2 rings (SSSR count). The molecule has 0 aliphatic rings. The first-order valence-electron chi connectivity index (χ1n) is 4.92. The second-order valence-corrected chi connectivity index (χ2v) is 4.42. The van der Waals surface area contributed by atoms with Crippen LogP contribution in [0.3, 0.4) is 0 Å². The van der Waals surface area contributed by atoms with Gasteiger partial charge in [-0.2, -0.15) is 0 Å². The molecule has 0 aliphatic carbocycles. The largest absolute Gasteiger partial charge is 0.383 e. The lowest BCUT2D eigenvalue weighted by Crippen LogP contribution is -2.35. The van der Waals surface area contributed by atoms with Crippen molar-refractivity contribution in [1.29, 1.82) is 0 Å². The fourth-order valence-electron chi connectivity index (χ4n) is 1.43. The van der Waals surface area contributed by atoms with Gasteiger partial charge in [0.1, 0.15) is 5.69 Å². The molecule has 0 fully saturated rings. The molecule has 86 valence electrons. The van der Waals surface area contributed by atoms with Gasteiger partial charge in [0.25, 0.3) is 5.91 Å². The topological polar surface area (TPSA) is 55.6 Å². The van der Waals surface area contributed by atoms with E-state index >= 15 is 0 Å². The highest BCUT2D eigenvalue weighted by Gasteiger charge is 2.13. The van der Waals surface area contributed by atoms with Crippen molar-refractivity contribution in [2.24, 2.45) is 0 Å². The first-order chi connectivity index (χ1) is 7.70. The minimum Gasteiger partial charge on any atom is -0.383 e. The number of hydrogen-bond donors (Lipinski definition) is 1. The van der Waals surface area contributed by atoms with E-state index in [4.69, 9.17) is 4.74 Å². The van der Waals surface area contributed by atoms with Crippen molar-refractivity contribution >= 4 is 22.2 Å². The number of aromatic nitrogens is 2. The summed E-state index contributed by atoms with van der Waals surface area (Å²) in [5.74, 6) is -0.166.